The summed E-state index contributed by atoms with van der Waals surface area (Å²) in [6.45, 7) is 3.04. The van der Waals surface area contributed by atoms with Gasteiger partial charge in [0, 0.05) is 11.1 Å². The van der Waals surface area contributed by atoms with Crippen LogP contribution in [0.5, 0.6) is 0 Å². The van der Waals surface area contributed by atoms with E-state index < -0.39 is 0 Å². The van der Waals surface area contributed by atoms with Gasteiger partial charge in [-0.25, -0.2) is 4.39 Å². The van der Waals surface area contributed by atoms with Crippen LogP contribution >= 0.6 is 15.9 Å². The lowest BCUT2D eigenvalue weighted by atomic mass is 9.90. The van der Waals surface area contributed by atoms with Crippen LogP contribution in [0.1, 0.15) is 25.3 Å². The summed E-state index contributed by atoms with van der Waals surface area (Å²) < 4.78 is 14.4. The summed E-state index contributed by atoms with van der Waals surface area (Å²) in [6.07, 6.45) is 2.11. The standard InChI is InChI=1S/C11H13BrFN/c1-11(6-3-7-14-11)8-4-2-5-9(12)10(8)13/h2,4-5,14H,3,6-7H2,1H3. The van der Waals surface area contributed by atoms with Crippen molar-refractivity contribution in [1.82, 2.24) is 5.32 Å². The van der Waals surface area contributed by atoms with Crippen molar-refractivity contribution in [3.8, 4) is 0 Å². The third kappa shape index (κ3) is 1.59. The lowest BCUT2D eigenvalue weighted by Gasteiger charge is -2.25. The minimum absolute atomic E-state index is 0.135. The van der Waals surface area contributed by atoms with Gasteiger partial charge in [-0.05, 0) is 48.3 Å². The topological polar surface area (TPSA) is 12.0 Å². The van der Waals surface area contributed by atoms with Crippen LogP contribution in [0.4, 0.5) is 4.39 Å². The molecule has 0 bridgehead atoms. The molecule has 1 aromatic rings. The van der Waals surface area contributed by atoms with Crippen molar-refractivity contribution in [2.24, 2.45) is 0 Å². The summed E-state index contributed by atoms with van der Waals surface area (Å²) in [6, 6.07) is 5.48. The molecule has 1 unspecified atom stereocenters. The molecule has 76 valence electrons. The largest absolute Gasteiger partial charge is 0.308 e. The number of nitrogens with one attached hydrogen (secondary N) is 1. The van der Waals surface area contributed by atoms with Gasteiger partial charge in [-0.15, -0.1) is 0 Å². The molecule has 0 aromatic heterocycles. The maximum absolute atomic E-state index is 13.8. The molecule has 0 saturated carbocycles. The van der Waals surface area contributed by atoms with Crippen molar-refractivity contribution in [2.45, 2.75) is 25.3 Å². The van der Waals surface area contributed by atoms with E-state index in [1.165, 1.54) is 0 Å². The van der Waals surface area contributed by atoms with Gasteiger partial charge in [-0.2, -0.15) is 0 Å². The number of benzene rings is 1. The maximum Gasteiger partial charge on any atom is 0.142 e. The van der Waals surface area contributed by atoms with Crippen LogP contribution in [-0.4, -0.2) is 6.54 Å². The molecule has 1 heterocycles. The zero-order chi connectivity index (χ0) is 10.2. The highest BCUT2D eigenvalue weighted by Crippen LogP contribution is 2.34. The van der Waals surface area contributed by atoms with Crippen molar-refractivity contribution in [1.29, 1.82) is 0 Å². The van der Waals surface area contributed by atoms with E-state index in [9.17, 15) is 4.39 Å². The Morgan fingerprint density at radius 3 is 2.93 bits per heavy atom. The molecule has 0 amide bonds. The first-order valence-corrected chi connectivity index (χ1v) is 5.62. The number of hydrogen-bond donors (Lipinski definition) is 1. The van der Waals surface area contributed by atoms with Gasteiger partial charge in [0.05, 0.1) is 4.47 Å². The van der Waals surface area contributed by atoms with Crippen LogP contribution in [0.3, 0.4) is 0 Å². The third-order valence-corrected chi connectivity index (χ3v) is 3.53. The van der Waals surface area contributed by atoms with E-state index in [-0.39, 0.29) is 11.4 Å². The van der Waals surface area contributed by atoms with Crippen molar-refractivity contribution in [2.75, 3.05) is 6.54 Å². The zero-order valence-corrected chi connectivity index (χ0v) is 9.70. The molecule has 1 aliphatic rings. The highest BCUT2D eigenvalue weighted by molar-refractivity contribution is 9.10. The molecule has 1 atom stereocenters. The normalized spacial score (nSPS) is 26.8. The molecule has 1 N–H and O–H groups in total. The molecule has 2 rings (SSSR count). The van der Waals surface area contributed by atoms with Gasteiger partial charge in [-0.3, -0.25) is 0 Å². The Balaban J connectivity index is 2.45. The Morgan fingerprint density at radius 2 is 2.29 bits per heavy atom. The smallest absolute Gasteiger partial charge is 0.142 e. The van der Waals surface area contributed by atoms with Crippen LogP contribution in [-0.2, 0) is 5.54 Å². The first-order valence-electron chi connectivity index (χ1n) is 4.83. The molecule has 3 heteroatoms. The molecule has 1 aliphatic heterocycles. The summed E-state index contributed by atoms with van der Waals surface area (Å²) >= 11 is 3.21. The van der Waals surface area contributed by atoms with Crippen molar-refractivity contribution in [3.63, 3.8) is 0 Å². The van der Waals surface area contributed by atoms with Crippen LogP contribution in [0.15, 0.2) is 22.7 Å². The second kappa shape index (κ2) is 3.63. The van der Waals surface area contributed by atoms with Gasteiger partial charge in [-0.1, -0.05) is 12.1 Å². The molecule has 1 aromatic carbocycles. The highest BCUT2D eigenvalue weighted by Gasteiger charge is 2.32. The summed E-state index contributed by atoms with van der Waals surface area (Å²) in [4.78, 5) is 0. The van der Waals surface area contributed by atoms with Crippen LogP contribution in [0.25, 0.3) is 0 Å². The summed E-state index contributed by atoms with van der Waals surface area (Å²) in [5.41, 5.74) is 0.581. The fourth-order valence-corrected chi connectivity index (χ4v) is 2.42. The molecule has 1 saturated heterocycles. The van der Waals surface area contributed by atoms with Gasteiger partial charge in [0.2, 0.25) is 0 Å². The van der Waals surface area contributed by atoms with Crippen LogP contribution < -0.4 is 5.32 Å². The predicted octanol–water partition coefficient (Wildman–Crippen LogP) is 3.19. The number of rotatable bonds is 1. The van der Waals surface area contributed by atoms with Crippen molar-refractivity contribution >= 4 is 15.9 Å². The van der Waals surface area contributed by atoms with E-state index in [0.717, 1.165) is 24.9 Å². The molecule has 0 spiro atoms. The maximum atomic E-state index is 13.8. The second-order valence-corrected chi connectivity index (χ2v) is 4.82. The quantitative estimate of drug-likeness (QED) is 0.815. The number of halogens is 2. The summed E-state index contributed by atoms with van der Waals surface area (Å²) in [5.74, 6) is -0.135. The van der Waals surface area contributed by atoms with Crippen LogP contribution in [0.2, 0.25) is 0 Å². The molecule has 14 heavy (non-hydrogen) atoms. The molecule has 0 radical (unpaired) electrons. The Bertz CT molecular complexity index is 345. The Kier molecular flexibility index (Phi) is 2.62. The van der Waals surface area contributed by atoms with E-state index >= 15 is 0 Å². The fraction of sp³-hybridized carbons (Fsp3) is 0.455. The molecule has 1 fully saturated rings. The Hall–Kier alpha value is -0.410. The monoisotopic (exact) mass is 257 g/mol. The Morgan fingerprint density at radius 1 is 1.50 bits per heavy atom. The summed E-state index contributed by atoms with van der Waals surface area (Å²) in [7, 11) is 0. The SMILES string of the molecule is CC1(c2cccc(Br)c2F)CCCN1. The third-order valence-electron chi connectivity index (χ3n) is 2.91. The predicted molar refractivity (Wildman–Crippen MR) is 58.7 cm³/mol. The lowest BCUT2D eigenvalue weighted by Crippen LogP contribution is -2.34. The zero-order valence-electron chi connectivity index (χ0n) is 8.11. The first-order chi connectivity index (χ1) is 6.63. The average Bonchev–Trinajstić information content (AvgIpc) is 2.58. The van der Waals surface area contributed by atoms with Gasteiger partial charge < -0.3 is 5.32 Å². The minimum atomic E-state index is -0.187. The van der Waals surface area contributed by atoms with Gasteiger partial charge in [0.25, 0.3) is 0 Å². The highest BCUT2D eigenvalue weighted by atomic mass is 79.9. The van der Waals surface area contributed by atoms with Gasteiger partial charge >= 0.3 is 0 Å². The average molecular weight is 258 g/mol. The lowest BCUT2D eigenvalue weighted by molar-refractivity contribution is 0.409. The molecular formula is C11H13BrFN. The minimum Gasteiger partial charge on any atom is -0.308 e. The van der Waals surface area contributed by atoms with Gasteiger partial charge in [0.1, 0.15) is 5.82 Å². The van der Waals surface area contributed by atoms with Crippen molar-refractivity contribution < 1.29 is 4.39 Å². The van der Waals surface area contributed by atoms with E-state index in [0.29, 0.717) is 4.47 Å². The summed E-state index contributed by atoms with van der Waals surface area (Å²) in [5, 5.41) is 3.36. The van der Waals surface area contributed by atoms with E-state index in [4.69, 9.17) is 0 Å². The van der Waals surface area contributed by atoms with E-state index in [2.05, 4.69) is 28.2 Å². The fourth-order valence-electron chi connectivity index (χ4n) is 2.05. The first kappa shape index (κ1) is 10.1. The van der Waals surface area contributed by atoms with Gasteiger partial charge in [0.15, 0.2) is 0 Å². The van der Waals surface area contributed by atoms with E-state index in [1.807, 2.05) is 12.1 Å². The molecule has 1 nitrogen and oxygen atoms in total. The number of hydrogen-bond acceptors (Lipinski definition) is 1. The van der Waals surface area contributed by atoms with Crippen LogP contribution in [0, 0.1) is 5.82 Å². The van der Waals surface area contributed by atoms with Crippen molar-refractivity contribution in [3.05, 3.63) is 34.1 Å². The molecule has 0 aliphatic carbocycles. The molecular weight excluding hydrogens is 245 g/mol. The second-order valence-electron chi connectivity index (χ2n) is 3.96. The van der Waals surface area contributed by atoms with E-state index in [1.54, 1.807) is 6.07 Å². The Labute approximate surface area is 91.8 Å².